The summed E-state index contributed by atoms with van der Waals surface area (Å²) >= 11 is 5.99. The third-order valence-electron chi connectivity index (χ3n) is 3.87. The molecular weight excluding hydrogens is 312 g/mol. The Morgan fingerprint density at radius 3 is 2.83 bits per heavy atom. The van der Waals surface area contributed by atoms with E-state index in [0.717, 1.165) is 16.5 Å². The number of aromatic nitrogens is 1. The Morgan fingerprint density at radius 1 is 1.26 bits per heavy atom. The molecule has 4 nitrogen and oxygen atoms in total. The van der Waals surface area contributed by atoms with Crippen LogP contribution in [-0.2, 0) is 7.05 Å². The quantitative estimate of drug-likeness (QED) is 0.772. The van der Waals surface area contributed by atoms with Gasteiger partial charge in [-0.25, -0.2) is 0 Å². The molecule has 0 radical (unpaired) electrons. The maximum Gasteiger partial charge on any atom is 0.252 e. The van der Waals surface area contributed by atoms with Crippen molar-refractivity contribution >= 4 is 28.4 Å². The van der Waals surface area contributed by atoms with Crippen molar-refractivity contribution in [3.8, 4) is 0 Å². The van der Waals surface area contributed by atoms with Crippen LogP contribution in [0.1, 0.15) is 22.0 Å². The minimum atomic E-state index is -0.772. The zero-order valence-electron chi connectivity index (χ0n) is 12.7. The van der Waals surface area contributed by atoms with Crippen molar-refractivity contribution in [2.24, 2.45) is 7.05 Å². The van der Waals surface area contributed by atoms with Crippen LogP contribution in [0.2, 0.25) is 5.02 Å². The predicted molar refractivity (Wildman–Crippen MR) is 91.7 cm³/mol. The number of rotatable bonds is 4. The van der Waals surface area contributed by atoms with E-state index >= 15 is 0 Å². The van der Waals surface area contributed by atoms with Crippen LogP contribution in [0.4, 0.5) is 0 Å². The van der Waals surface area contributed by atoms with E-state index in [1.165, 1.54) is 0 Å². The van der Waals surface area contributed by atoms with Crippen molar-refractivity contribution < 1.29 is 9.90 Å². The first-order valence-electron chi connectivity index (χ1n) is 7.32. The summed E-state index contributed by atoms with van der Waals surface area (Å²) in [6, 6.07) is 14.6. The molecule has 1 amide bonds. The maximum atomic E-state index is 12.1. The lowest BCUT2D eigenvalue weighted by atomic mass is 10.1. The van der Waals surface area contributed by atoms with Gasteiger partial charge in [-0.1, -0.05) is 29.8 Å². The molecule has 0 unspecified atom stereocenters. The Morgan fingerprint density at radius 2 is 2.04 bits per heavy atom. The van der Waals surface area contributed by atoms with Crippen molar-refractivity contribution in [3.05, 3.63) is 70.9 Å². The molecule has 0 spiro atoms. The van der Waals surface area contributed by atoms with Crippen LogP contribution in [0.15, 0.2) is 54.7 Å². The number of carbonyl (C=O) groups is 1. The van der Waals surface area contributed by atoms with Crippen LogP contribution in [0.3, 0.4) is 0 Å². The number of amides is 1. The van der Waals surface area contributed by atoms with Crippen LogP contribution in [0.25, 0.3) is 10.9 Å². The smallest absolute Gasteiger partial charge is 0.252 e. The number of nitrogens with one attached hydrogen (secondary N) is 1. The highest BCUT2D eigenvalue weighted by Gasteiger charge is 2.13. The highest BCUT2D eigenvalue weighted by Crippen LogP contribution is 2.21. The molecule has 2 N–H and O–H groups in total. The molecule has 0 bridgehead atoms. The number of aryl methyl sites for hydroxylation is 1. The number of benzene rings is 2. The number of carbonyl (C=O) groups excluding carboxylic acids is 1. The lowest BCUT2D eigenvalue weighted by molar-refractivity contribution is 0.0916. The second-order valence-electron chi connectivity index (χ2n) is 5.45. The van der Waals surface area contributed by atoms with Gasteiger partial charge < -0.3 is 15.0 Å². The predicted octanol–water partition coefficient (Wildman–Crippen LogP) is 3.30. The van der Waals surface area contributed by atoms with Crippen LogP contribution >= 0.6 is 11.6 Å². The Balaban J connectivity index is 1.69. The molecule has 0 aliphatic carbocycles. The van der Waals surface area contributed by atoms with E-state index in [1.54, 1.807) is 24.3 Å². The Hall–Kier alpha value is -2.30. The number of fused-ring (bicyclic) bond motifs is 1. The SMILES string of the molecule is Cn1ccc2cc([C@@H](O)CNC(=O)c3ccccc3Cl)ccc21. The molecule has 1 aromatic heterocycles. The topological polar surface area (TPSA) is 54.3 Å². The van der Waals surface area contributed by atoms with Crippen LogP contribution in [-0.4, -0.2) is 22.1 Å². The van der Waals surface area contributed by atoms with Crippen molar-refractivity contribution in [2.75, 3.05) is 6.54 Å². The van der Waals surface area contributed by atoms with Gasteiger partial charge in [-0.2, -0.15) is 0 Å². The molecule has 2 aromatic carbocycles. The summed E-state index contributed by atoms with van der Waals surface area (Å²) in [4.78, 5) is 12.1. The largest absolute Gasteiger partial charge is 0.387 e. The van der Waals surface area contributed by atoms with Crippen molar-refractivity contribution in [3.63, 3.8) is 0 Å². The highest BCUT2D eigenvalue weighted by atomic mass is 35.5. The number of aliphatic hydroxyl groups is 1. The third kappa shape index (κ3) is 3.23. The average Bonchev–Trinajstić information content (AvgIpc) is 2.93. The van der Waals surface area contributed by atoms with Gasteiger partial charge in [-0.15, -0.1) is 0 Å². The van der Waals surface area contributed by atoms with E-state index in [-0.39, 0.29) is 12.5 Å². The molecular formula is C18H17ClN2O2. The number of hydrogen-bond donors (Lipinski definition) is 2. The lowest BCUT2D eigenvalue weighted by Gasteiger charge is -2.13. The van der Waals surface area contributed by atoms with Crippen LogP contribution < -0.4 is 5.32 Å². The van der Waals surface area contributed by atoms with E-state index in [1.807, 2.05) is 42.1 Å². The third-order valence-corrected chi connectivity index (χ3v) is 4.20. The van der Waals surface area contributed by atoms with Gasteiger partial charge >= 0.3 is 0 Å². The average molecular weight is 329 g/mol. The zero-order chi connectivity index (χ0) is 16.4. The second kappa shape index (κ2) is 6.44. The molecule has 1 heterocycles. The Kier molecular flexibility index (Phi) is 4.37. The van der Waals surface area contributed by atoms with Gasteiger partial charge in [-0.3, -0.25) is 4.79 Å². The van der Waals surface area contributed by atoms with Gasteiger partial charge in [0.2, 0.25) is 0 Å². The first-order chi connectivity index (χ1) is 11.1. The number of halogens is 1. The van der Waals surface area contributed by atoms with Gasteiger partial charge in [0.15, 0.2) is 0 Å². The van der Waals surface area contributed by atoms with Crippen LogP contribution in [0, 0.1) is 0 Å². The zero-order valence-corrected chi connectivity index (χ0v) is 13.4. The van der Waals surface area contributed by atoms with Gasteiger partial charge in [0.1, 0.15) is 0 Å². The van der Waals surface area contributed by atoms with E-state index in [4.69, 9.17) is 11.6 Å². The van der Waals surface area contributed by atoms with Crippen molar-refractivity contribution in [2.45, 2.75) is 6.10 Å². The van der Waals surface area contributed by atoms with Crippen LogP contribution in [0.5, 0.6) is 0 Å². The fourth-order valence-electron chi connectivity index (χ4n) is 2.56. The Bertz CT molecular complexity index is 857. The number of aliphatic hydroxyl groups excluding tert-OH is 1. The Labute approximate surface area is 139 Å². The fraction of sp³-hybridized carbons (Fsp3) is 0.167. The van der Waals surface area contributed by atoms with Gasteiger partial charge in [0.25, 0.3) is 5.91 Å². The minimum Gasteiger partial charge on any atom is -0.387 e. The number of hydrogen-bond acceptors (Lipinski definition) is 2. The molecule has 0 aliphatic rings. The normalized spacial score (nSPS) is 12.3. The second-order valence-corrected chi connectivity index (χ2v) is 5.86. The first-order valence-corrected chi connectivity index (χ1v) is 7.70. The molecule has 1 atom stereocenters. The molecule has 23 heavy (non-hydrogen) atoms. The summed E-state index contributed by atoms with van der Waals surface area (Å²) in [6.45, 7) is 0.127. The molecule has 0 fully saturated rings. The summed E-state index contributed by atoms with van der Waals surface area (Å²) in [5, 5.41) is 14.5. The van der Waals surface area contributed by atoms with Crippen molar-refractivity contribution in [1.29, 1.82) is 0 Å². The first kappa shape index (κ1) is 15.6. The van der Waals surface area contributed by atoms with Gasteiger partial charge in [0.05, 0.1) is 16.7 Å². The molecule has 3 aromatic rings. The van der Waals surface area contributed by atoms with Gasteiger partial charge in [0, 0.05) is 25.3 Å². The molecule has 0 saturated carbocycles. The molecule has 118 valence electrons. The van der Waals surface area contributed by atoms with E-state index in [0.29, 0.717) is 10.6 Å². The summed E-state index contributed by atoms with van der Waals surface area (Å²) < 4.78 is 2.02. The lowest BCUT2D eigenvalue weighted by Crippen LogP contribution is -2.28. The molecule has 0 aliphatic heterocycles. The minimum absolute atomic E-state index is 0.127. The summed E-state index contributed by atoms with van der Waals surface area (Å²) in [6.07, 6.45) is 1.20. The summed E-state index contributed by atoms with van der Waals surface area (Å²) in [5.41, 5.74) is 2.27. The summed E-state index contributed by atoms with van der Waals surface area (Å²) in [5.74, 6) is -0.296. The fourth-order valence-corrected chi connectivity index (χ4v) is 2.78. The molecule has 3 rings (SSSR count). The van der Waals surface area contributed by atoms with E-state index < -0.39 is 6.10 Å². The van der Waals surface area contributed by atoms with Gasteiger partial charge in [-0.05, 0) is 41.3 Å². The number of nitrogens with zero attached hydrogens (tertiary/aromatic N) is 1. The van der Waals surface area contributed by atoms with Crippen molar-refractivity contribution in [1.82, 2.24) is 9.88 Å². The van der Waals surface area contributed by atoms with E-state index in [9.17, 15) is 9.90 Å². The van der Waals surface area contributed by atoms with E-state index in [2.05, 4.69) is 5.32 Å². The molecule has 0 saturated heterocycles. The highest BCUT2D eigenvalue weighted by molar-refractivity contribution is 6.33. The molecule has 5 heteroatoms. The monoisotopic (exact) mass is 328 g/mol. The summed E-state index contributed by atoms with van der Waals surface area (Å²) in [7, 11) is 1.97. The standard InChI is InChI=1S/C18H17ClN2O2/c1-21-9-8-12-10-13(6-7-16(12)21)17(22)11-20-18(23)14-4-2-3-5-15(14)19/h2-10,17,22H,11H2,1H3,(H,20,23)/t17-/m0/s1. The maximum absolute atomic E-state index is 12.1.